The Morgan fingerprint density at radius 1 is 1.20 bits per heavy atom. The van der Waals surface area contributed by atoms with E-state index in [1.54, 1.807) is 6.07 Å². The number of carbonyl (C=O) groups excluding carboxylic acids is 2. The number of anilines is 1. The van der Waals surface area contributed by atoms with Crippen molar-refractivity contribution in [3.63, 3.8) is 0 Å². The number of carbonyl (C=O) groups is 2. The second kappa shape index (κ2) is 9.17. The summed E-state index contributed by atoms with van der Waals surface area (Å²) in [6, 6.07) is 10.6. The summed E-state index contributed by atoms with van der Waals surface area (Å²) in [7, 11) is 0. The van der Waals surface area contributed by atoms with Crippen LogP contribution in [0.4, 0.5) is 14.5 Å². The Morgan fingerprint density at radius 3 is 2.52 bits per heavy atom. The van der Waals surface area contributed by atoms with Crippen molar-refractivity contribution in [2.24, 2.45) is 0 Å². The van der Waals surface area contributed by atoms with E-state index >= 15 is 0 Å². The van der Waals surface area contributed by atoms with Gasteiger partial charge in [-0.3, -0.25) is 4.79 Å². The van der Waals surface area contributed by atoms with Crippen LogP contribution in [-0.2, 0) is 9.53 Å². The number of alkyl halides is 2. The second-order valence-electron chi connectivity index (χ2n) is 4.65. The highest BCUT2D eigenvalue weighted by atomic mass is 79.9. The molecule has 0 aliphatic heterocycles. The molecule has 0 aliphatic carbocycles. The maximum atomic E-state index is 12.2. The van der Waals surface area contributed by atoms with Crippen LogP contribution in [-0.4, -0.2) is 24.2 Å². The van der Waals surface area contributed by atoms with Gasteiger partial charge in [-0.1, -0.05) is 39.3 Å². The summed E-state index contributed by atoms with van der Waals surface area (Å²) in [4.78, 5) is 24.1. The first-order valence-corrected chi connectivity index (χ1v) is 8.87. The molecule has 0 spiro atoms. The zero-order valence-electron chi connectivity index (χ0n) is 12.5. The molecule has 2 aromatic carbocycles. The lowest BCUT2D eigenvalue weighted by atomic mass is 10.2. The molecule has 1 amide bonds. The number of thioether (sulfide) groups is 1. The Bertz CT molecular complexity index is 774. The SMILES string of the molecule is O=C(COC(=O)c1cc(Br)ccc1Cl)Nc1ccc(SC(F)F)cc1. The Morgan fingerprint density at radius 2 is 1.88 bits per heavy atom. The summed E-state index contributed by atoms with van der Waals surface area (Å²) in [6.07, 6.45) is 0. The summed E-state index contributed by atoms with van der Waals surface area (Å²) < 4.78 is 30.0. The molecule has 132 valence electrons. The van der Waals surface area contributed by atoms with Crippen LogP contribution < -0.4 is 5.32 Å². The Kier molecular flexibility index (Phi) is 7.22. The molecule has 9 heteroatoms. The minimum Gasteiger partial charge on any atom is -0.452 e. The molecule has 0 saturated heterocycles. The van der Waals surface area contributed by atoms with Gasteiger partial charge in [0.1, 0.15) is 0 Å². The lowest BCUT2D eigenvalue weighted by molar-refractivity contribution is -0.119. The molecule has 2 rings (SSSR count). The van der Waals surface area contributed by atoms with Gasteiger partial charge in [0.15, 0.2) is 6.61 Å². The monoisotopic (exact) mass is 449 g/mol. The Hall–Kier alpha value is -1.64. The predicted octanol–water partition coefficient (Wildman–Crippen LogP) is 5.21. The van der Waals surface area contributed by atoms with Gasteiger partial charge < -0.3 is 10.1 Å². The van der Waals surface area contributed by atoms with Crippen LogP contribution >= 0.6 is 39.3 Å². The van der Waals surface area contributed by atoms with E-state index in [0.717, 1.165) is 0 Å². The van der Waals surface area contributed by atoms with E-state index in [1.807, 2.05) is 0 Å². The molecule has 0 atom stereocenters. The van der Waals surface area contributed by atoms with Crippen molar-refractivity contribution in [3.8, 4) is 0 Å². The zero-order valence-corrected chi connectivity index (χ0v) is 15.6. The van der Waals surface area contributed by atoms with Gasteiger partial charge in [-0.15, -0.1) is 0 Å². The van der Waals surface area contributed by atoms with Crippen LogP contribution in [0.3, 0.4) is 0 Å². The van der Waals surface area contributed by atoms with E-state index in [2.05, 4.69) is 21.2 Å². The molecule has 0 aromatic heterocycles. The van der Waals surface area contributed by atoms with Gasteiger partial charge in [0.05, 0.1) is 10.6 Å². The smallest absolute Gasteiger partial charge is 0.340 e. The highest BCUT2D eigenvalue weighted by Gasteiger charge is 2.14. The maximum absolute atomic E-state index is 12.2. The molecule has 0 bridgehead atoms. The third kappa shape index (κ3) is 6.30. The molecule has 0 saturated carbocycles. The quantitative estimate of drug-likeness (QED) is 0.485. The first kappa shape index (κ1) is 19.7. The average Bonchev–Trinajstić information content (AvgIpc) is 2.56. The van der Waals surface area contributed by atoms with Crippen LogP contribution in [0.2, 0.25) is 5.02 Å². The lowest BCUT2D eigenvalue weighted by Crippen LogP contribution is -2.21. The van der Waals surface area contributed by atoms with Gasteiger partial charge in [-0.05, 0) is 42.5 Å². The summed E-state index contributed by atoms with van der Waals surface area (Å²) in [5.74, 6) is -3.80. The molecule has 0 heterocycles. The first-order valence-electron chi connectivity index (χ1n) is 6.82. The first-order chi connectivity index (χ1) is 11.8. The lowest BCUT2D eigenvalue weighted by Gasteiger charge is -2.08. The number of ether oxygens (including phenoxy) is 1. The third-order valence-corrected chi connectivity index (χ3v) is 4.39. The van der Waals surface area contributed by atoms with Crippen molar-refractivity contribution >= 4 is 56.9 Å². The molecular weight excluding hydrogens is 440 g/mol. The van der Waals surface area contributed by atoms with Gasteiger partial charge in [0.25, 0.3) is 11.7 Å². The van der Waals surface area contributed by atoms with E-state index in [4.69, 9.17) is 16.3 Å². The number of amides is 1. The maximum Gasteiger partial charge on any atom is 0.340 e. The summed E-state index contributed by atoms with van der Waals surface area (Å²) in [5, 5.41) is 2.71. The van der Waals surface area contributed by atoms with Gasteiger partial charge >= 0.3 is 5.97 Å². The molecule has 2 aromatic rings. The molecule has 25 heavy (non-hydrogen) atoms. The number of benzene rings is 2. The average molecular weight is 451 g/mol. The van der Waals surface area contributed by atoms with Gasteiger partial charge in [-0.25, -0.2) is 4.79 Å². The summed E-state index contributed by atoms with van der Waals surface area (Å²) in [5.41, 5.74) is 0.539. The largest absolute Gasteiger partial charge is 0.452 e. The van der Waals surface area contributed by atoms with Crippen molar-refractivity contribution in [2.75, 3.05) is 11.9 Å². The highest BCUT2D eigenvalue weighted by Crippen LogP contribution is 2.26. The number of rotatable bonds is 6. The van der Waals surface area contributed by atoms with E-state index in [0.29, 0.717) is 26.8 Å². The number of esters is 1. The molecule has 0 aliphatic rings. The predicted molar refractivity (Wildman–Crippen MR) is 96.4 cm³/mol. The molecular formula is C16H11BrClF2NO3S. The molecule has 4 nitrogen and oxygen atoms in total. The minimum atomic E-state index is -2.51. The fourth-order valence-corrected chi connectivity index (χ4v) is 2.83. The fourth-order valence-electron chi connectivity index (χ4n) is 1.78. The number of hydrogen-bond donors (Lipinski definition) is 1. The van der Waals surface area contributed by atoms with Crippen molar-refractivity contribution in [2.45, 2.75) is 10.7 Å². The van der Waals surface area contributed by atoms with Crippen LogP contribution in [0.25, 0.3) is 0 Å². The van der Waals surface area contributed by atoms with Crippen molar-refractivity contribution in [3.05, 3.63) is 57.5 Å². The van der Waals surface area contributed by atoms with Crippen molar-refractivity contribution in [1.29, 1.82) is 0 Å². The fraction of sp³-hybridized carbons (Fsp3) is 0.125. The van der Waals surface area contributed by atoms with Gasteiger partial charge in [0.2, 0.25) is 0 Å². The van der Waals surface area contributed by atoms with E-state index in [1.165, 1.54) is 36.4 Å². The number of hydrogen-bond acceptors (Lipinski definition) is 4. The van der Waals surface area contributed by atoms with Crippen LogP contribution in [0.15, 0.2) is 51.8 Å². The number of nitrogens with one attached hydrogen (secondary N) is 1. The van der Waals surface area contributed by atoms with Gasteiger partial charge in [0, 0.05) is 15.1 Å². The summed E-state index contributed by atoms with van der Waals surface area (Å²) >= 11 is 9.53. The number of halogens is 4. The zero-order chi connectivity index (χ0) is 18.4. The molecule has 0 fully saturated rings. The molecule has 0 radical (unpaired) electrons. The van der Waals surface area contributed by atoms with Crippen molar-refractivity contribution in [1.82, 2.24) is 0 Å². The Balaban J connectivity index is 1.88. The normalized spacial score (nSPS) is 10.6. The second-order valence-corrected chi connectivity index (χ2v) is 7.04. The van der Waals surface area contributed by atoms with Crippen molar-refractivity contribution < 1.29 is 23.1 Å². The highest BCUT2D eigenvalue weighted by molar-refractivity contribution is 9.10. The van der Waals surface area contributed by atoms with E-state index < -0.39 is 24.2 Å². The third-order valence-electron chi connectivity index (χ3n) is 2.85. The topological polar surface area (TPSA) is 55.4 Å². The van der Waals surface area contributed by atoms with Gasteiger partial charge in [-0.2, -0.15) is 8.78 Å². The Labute approximate surface area is 160 Å². The van der Waals surface area contributed by atoms with Crippen LogP contribution in [0.5, 0.6) is 0 Å². The standard InChI is InChI=1S/C16H11BrClF2NO3S/c17-9-1-6-13(18)12(7-9)15(23)24-8-14(22)21-10-2-4-11(5-3-10)25-16(19)20/h1-7,16H,8H2,(H,21,22). The minimum absolute atomic E-state index is 0.136. The van der Waals surface area contributed by atoms with E-state index in [9.17, 15) is 18.4 Å². The summed E-state index contributed by atoms with van der Waals surface area (Å²) in [6.45, 7) is -0.505. The van der Waals surface area contributed by atoms with Crippen LogP contribution in [0, 0.1) is 0 Å². The molecule has 0 unspecified atom stereocenters. The molecule has 1 N–H and O–H groups in total. The van der Waals surface area contributed by atoms with Crippen LogP contribution in [0.1, 0.15) is 10.4 Å². The van der Waals surface area contributed by atoms with E-state index in [-0.39, 0.29) is 10.6 Å².